The molecule has 1 aliphatic heterocycles. The first kappa shape index (κ1) is 11.7. The third kappa shape index (κ3) is 1.80. The Morgan fingerprint density at radius 2 is 1.82 bits per heavy atom. The number of fused-ring (bicyclic) bond motifs is 1. The number of nitrogens with zero attached hydrogens (tertiary/aromatic N) is 1. The molecule has 4 nitrogen and oxygen atoms in total. The third-order valence-corrected chi connectivity index (χ3v) is 2.60. The fourth-order valence-electron chi connectivity index (χ4n) is 1.76. The molecule has 1 aromatic carbocycles. The van der Waals surface area contributed by atoms with Crippen molar-refractivity contribution in [3.05, 3.63) is 29.3 Å². The molecule has 6 heteroatoms. The van der Waals surface area contributed by atoms with Gasteiger partial charge in [0.2, 0.25) is 0 Å². The van der Waals surface area contributed by atoms with Crippen LogP contribution in [0.3, 0.4) is 0 Å². The van der Waals surface area contributed by atoms with Gasteiger partial charge in [-0.05, 0) is 19.0 Å². The summed E-state index contributed by atoms with van der Waals surface area (Å²) >= 11 is 0. The van der Waals surface area contributed by atoms with Gasteiger partial charge >= 0.3 is 0 Å². The largest absolute Gasteiger partial charge is 0.330 e. The van der Waals surface area contributed by atoms with E-state index in [4.69, 9.17) is 5.73 Å². The predicted molar refractivity (Wildman–Crippen MR) is 56.7 cm³/mol. The van der Waals surface area contributed by atoms with Crippen LogP contribution in [0.1, 0.15) is 16.8 Å². The summed E-state index contributed by atoms with van der Waals surface area (Å²) in [4.78, 5) is 24.2. The van der Waals surface area contributed by atoms with Gasteiger partial charge in [-0.1, -0.05) is 0 Å². The fourth-order valence-corrected chi connectivity index (χ4v) is 1.76. The van der Waals surface area contributed by atoms with Crippen LogP contribution in [-0.4, -0.2) is 24.8 Å². The summed E-state index contributed by atoms with van der Waals surface area (Å²) < 4.78 is 26.1. The molecule has 1 amide bonds. The Labute approximate surface area is 96.0 Å². The van der Waals surface area contributed by atoms with Crippen LogP contribution in [0.2, 0.25) is 0 Å². The van der Waals surface area contributed by atoms with Gasteiger partial charge in [0.15, 0.2) is 11.6 Å². The van der Waals surface area contributed by atoms with E-state index in [1.54, 1.807) is 0 Å². The minimum atomic E-state index is -1.13. The predicted octanol–water partition coefficient (Wildman–Crippen LogP) is 0.843. The van der Waals surface area contributed by atoms with E-state index >= 15 is 0 Å². The lowest BCUT2D eigenvalue weighted by Gasteiger charge is -2.15. The second kappa shape index (κ2) is 4.21. The summed E-state index contributed by atoms with van der Waals surface area (Å²) in [6, 6.07) is 1.62. The lowest BCUT2D eigenvalue weighted by molar-refractivity contribution is -0.114. The Bertz CT molecular complexity index is 502. The van der Waals surface area contributed by atoms with E-state index < -0.39 is 23.3 Å². The van der Waals surface area contributed by atoms with Crippen LogP contribution in [0, 0.1) is 11.6 Å². The Hall–Kier alpha value is -1.82. The number of halogens is 2. The van der Waals surface area contributed by atoms with Crippen molar-refractivity contribution >= 4 is 17.4 Å². The molecule has 0 bridgehead atoms. The number of carbonyl (C=O) groups is 2. The summed E-state index contributed by atoms with van der Waals surface area (Å²) in [5, 5.41) is 0. The van der Waals surface area contributed by atoms with Crippen LogP contribution in [0.5, 0.6) is 0 Å². The third-order valence-electron chi connectivity index (χ3n) is 2.60. The average Bonchev–Trinajstić information content (AvgIpc) is 2.52. The maximum Gasteiger partial charge on any atom is 0.299 e. The molecule has 0 fully saturated rings. The van der Waals surface area contributed by atoms with Gasteiger partial charge in [0, 0.05) is 12.6 Å². The van der Waals surface area contributed by atoms with Gasteiger partial charge in [-0.15, -0.1) is 0 Å². The lowest BCUT2D eigenvalue weighted by atomic mass is 10.1. The highest BCUT2D eigenvalue weighted by Gasteiger charge is 2.36. The summed E-state index contributed by atoms with van der Waals surface area (Å²) in [6.45, 7) is 0.566. The van der Waals surface area contributed by atoms with Gasteiger partial charge in [-0.2, -0.15) is 0 Å². The van der Waals surface area contributed by atoms with Gasteiger partial charge < -0.3 is 10.6 Å². The van der Waals surface area contributed by atoms with E-state index in [-0.39, 0.29) is 17.8 Å². The van der Waals surface area contributed by atoms with Gasteiger partial charge in [-0.3, -0.25) is 9.59 Å². The molecule has 1 aromatic rings. The van der Waals surface area contributed by atoms with E-state index in [0.717, 1.165) is 17.0 Å². The molecular formula is C11H10F2N2O2. The topological polar surface area (TPSA) is 63.4 Å². The number of benzene rings is 1. The van der Waals surface area contributed by atoms with Crippen molar-refractivity contribution in [3.8, 4) is 0 Å². The first-order valence-corrected chi connectivity index (χ1v) is 5.11. The maximum atomic E-state index is 13.1. The van der Waals surface area contributed by atoms with Crippen molar-refractivity contribution < 1.29 is 18.4 Å². The molecule has 1 heterocycles. The molecule has 0 spiro atoms. The second-order valence-corrected chi connectivity index (χ2v) is 3.71. The second-order valence-electron chi connectivity index (χ2n) is 3.71. The van der Waals surface area contributed by atoms with E-state index in [9.17, 15) is 18.4 Å². The number of ketones is 1. The van der Waals surface area contributed by atoms with Crippen molar-refractivity contribution in [2.75, 3.05) is 18.0 Å². The van der Waals surface area contributed by atoms with Crippen LogP contribution in [0.15, 0.2) is 12.1 Å². The highest BCUT2D eigenvalue weighted by Crippen LogP contribution is 2.30. The number of nitrogens with two attached hydrogens (primary N) is 1. The summed E-state index contributed by atoms with van der Waals surface area (Å²) in [5.41, 5.74) is 5.33. The Balaban J connectivity index is 2.45. The zero-order chi connectivity index (χ0) is 12.6. The highest BCUT2D eigenvalue weighted by molar-refractivity contribution is 6.52. The molecule has 0 saturated heterocycles. The van der Waals surface area contributed by atoms with Gasteiger partial charge in [0.25, 0.3) is 11.7 Å². The van der Waals surface area contributed by atoms with Crippen LogP contribution in [-0.2, 0) is 4.79 Å². The molecular weight excluding hydrogens is 230 g/mol. The molecule has 1 aliphatic rings. The van der Waals surface area contributed by atoms with Crippen LogP contribution < -0.4 is 10.6 Å². The molecule has 2 N–H and O–H groups in total. The molecule has 0 saturated carbocycles. The number of anilines is 1. The SMILES string of the molecule is NCCCN1C(=O)C(=O)c2cc(F)c(F)cc21. The number of amides is 1. The number of hydrogen-bond acceptors (Lipinski definition) is 3. The van der Waals surface area contributed by atoms with Crippen LogP contribution in [0.4, 0.5) is 14.5 Å². The lowest BCUT2D eigenvalue weighted by Crippen LogP contribution is -2.31. The number of Topliss-reactive ketones (excluding diaryl/α,β-unsaturated/α-hetero) is 1. The van der Waals surface area contributed by atoms with Crippen LogP contribution in [0.25, 0.3) is 0 Å². The smallest absolute Gasteiger partial charge is 0.299 e. The summed E-state index contributed by atoms with van der Waals surface area (Å²) in [5.74, 6) is -3.79. The first-order chi connectivity index (χ1) is 8.06. The molecule has 0 aromatic heterocycles. The highest BCUT2D eigenvalue weighted by atomic mass is 19.2. The maximum absolute atomic E-state index is 13.1. The van der Waals surface area contributed by atoms with E-state index in [1.807, 2.05) is 0 Å². The average molecular weight is 240 g/mol. The molecule has 0 atom stereocenters. The fraction of sp³-hybridized carbons (Fsp3) is 0.273. The molecule has 2 rings (SSSR count). The Morgan fingerprint density at radius 1 is 1.18 bits per heavy atom. The normalized spacial score (nSPS) is 14.4. The minimum Gasteiger partial charge on any atom is -0.330 e. The first-order valence-electron chi connectivity index (χ1n) is 5.11. The number of hydrogen-bond donors (Lipinski definition) is 1. The number of rotatable bonds is 3. The van der Waals surface area contributed by atoms with Gasteiger partial charge in [0.05, 0.1) is 11.3 Å². The molecule has 90 valence electrons. The summed E-state index contributed by atoms with van der Waals surface area (Å²) in [6.07, 6.45) is 0.484. The molecule has 17 heavy (non-hydrogen) atoms. The molecule has 0 radical (unpaired) electrons. The van der Waals surface area contributed by atoms with Crippen LogP contribution >= 0.6 is 0 Å². The standard InChI is InChI=1S/C11H10F2N2O2/c12-7-4-6-9(5-8(7)13)15(3-1-2-14)11(17)10(6)16/h4-5H,1-3,14H2. The summed E-state index contributed by atoms with van der Waals surface area (Å²) in [7, 11) is 0. The van der Waals surface area contributed by atoms with Gasteiger partial charge in [0.1, 0.15) is 0 Å². The quantitative estimate of drug-likeness (QED) is 0.796. The van der Waals surface area contributed by atoms with Crippen molar-refractivity contribution in [2.24, 2.45) is 5.73 Å². The monoisotopic (exact) mass is 240 g/mol. The van der Waals surface area contributed by atoms with Crippen molar-refractivity contribution in [1.29, 1.82) is 0 Å². The molecule has 0 aliphatic carbocycles. The van der Waals surface area contributed by atoms with E-state index in [2.05, 4.69) is 0 Å². The zero-order valence-corrected chi connectivity index (χ0v) is 8.87. The van der Waals surface area contributed by atoms with Crippen molar-refractivity contribution in [3.63, 3.8) is 0 Å². The van der Waals surface area contributed by atoms with Gasteiger partial charge in [-0.25, -0.2) is 8.78 Å². The zero-order valence-electron chi connectivity index (χ0n) is 8.87. The van der Waals surface area contributed by atoms with Crippen molar-refractivity contribution in [2.45, 2.75) is 6.42 Å². The van der Waals surface area contributed by atoms with E-state index in [1.165, 1.54) is 0 Å². The van der Waals surface area contributed by atoms with E-state index in [0.29, 0.717) is 13.0 Å². The Kier molecular flexibility index (Phi) is 2.89. The van der Waals surface area contributed by atoms with Crippen molar-refractivity contribution in [1.82, 2.24) is 0 Å². The Morgan fingerprint density at radius 3 is 2.47 bits per heavy atom. The number of carbonyl (C=O) groups excluding carboxylic acids is 2. The minimum absolute atomic E-state index is 0.0917. The molecule has 0 unspecified atom stereocenters.